The fraction of sp³-hybridized carbons (Fsp3) is 0.286. The second-order valence-electron chi connectivity index (χ2n) is 12.5. The van der Waals surface area contributed by atoms with Gasteiger partial charge in [-0.1, -0.05) is 23.7 Å². The normalized spacial score (nSPS) is 20.0. The highest BCUT2D eigenvalue weighted by molar-refractivity contribution is 6.30. The van der Waals surface area contributed by atoms with Gasteiger partial charge in [-0.05, 0) is 77.0 Å². The lowest BCUT2D eigenvalue weighted by Crippen LogP contribution is -2.62. The number of fused-ring (bicyclic) bond motifs is 1. The van der Waals surface area contributed by atoms with Crippen molar-refractivity contribution in [2.45, 2.75) is 31.3 Å². The Balaban J connectivity index is 1.25. The second kappa shape index (κ2) is 14.2. The number of hydrogen-bond acceptors (Lipinski definition) is 8. The molecule has 2 fully saturated rings. The van der Waals surface area contributed by atoms with Crippen molar-refractivity contribution in [2.24, 2.45) is 0 Å². The molecule has 0 unspecified atom stereocenters. The van der Waals surface area contributed by atoms with Crippen LogP contribution in [0.4, 0.5) is 10.1 Å². The fourth-order valence-electron chi connectivity index (χ4n) is 6.93. The van der Waals surface area contributed by atoms with Crippen LogP contribution in [0, 0.1) is 5.82 Å². The number of aromatic nitrogens is 6. The number of likely N-dealkylation sites (tertiary alicyclic amines) is 1. The summed E-state index contributed by atoms with van der Waals surface area (Å²) < 4.78 is 15.6. The lowest BCUT2D eigenvalue weighted by Gasteiger charge is -2.48. The molecular formula is C35H34ClFN10O3. The van der Waals surface area contributed by atoms with Gasteiger partial charge in [0.2, 0.25) is 17.7 Å². The van der Waals surface area contributed by atoms with Crippen molar-refractivity contribution in [1.82, 2.24) is 45.1 Å². The number of anilines is 1. The van der Waals surface area contributed by atoms with Crippen LogP contribution in [0.25, 0.3) is 22.7 Å². The largest absolute Gasteiger partial charge is 0.340 e. The summed E-state index contributed by atoms with van der Waals surface area (Å²) >= 11 is 6.34. The van der Waals surface area contributed by atoms with E-state index in [-0.39, 0.29) is 24.4 Å². The minimum absolute atomic E-state index is 0.0202. The number of carbonyl (C=O) groups is 3. The van der Waals surface area contributed by atoms with Gasteiger partial charge in [-0.2, -0.15) is 9.78 Å². The number of rotatable bonds is 7. The van der Waals surface area contributed by atoms with E-state index in [1.807, 2.05) is 17.0 Å². The van der Waals surface area contributed by atoms with Crippen LogP contribution in [0.1, 0.15) is 30.4 Å². The molecule has 0 saturated carbocycles. The van der Waals surface area contributed by atoms with E-state index in [4.69, 9.17) is 11.6 Å². The van der Waals surface area contributed by atoms with Gasteiger partial charge < -0.3 is 15.1 Å². The quantitative estimate of drug-likeness (QED) is 0.244. The molecule has 256 valence electrons. The average molecular weight is 697 g/mol. The molecule has 3 atom stereocenters. The van der Waals surface area contributed by atoms with E-state index in [2.05, 4.69) is 35.9 Å². The van der Waals surface area contributed by atoms with Crippen LogP contribution in [0.2, 0.25) is 5.02 Å². The summed E-state index contributed by atoms with van der Waals surface area (Å²) in [6, 6.07) is 15.6. The maximum atomic E-state index is 14.4. The highest BCUT2D eigenvalue weighted by Gasteiger charge is 2.45. The number of nitrogens with zero attached hydrogens (tertiary/aromatic N) is 8. The second-order valence-corrected chi connectivity index (χ2v) is 12.9. The number of amides is 3. The smallest absolute Gasteiger partial charge is 0.247 e. The van der Waals surface area contributed by atoms with E-state index in [1.165, 1.54) is 29.2 Å². The Morgan fingerprint density at radius 2 is 1.82 bits per heavy atom. The molecule has 0 spiro atoms. The third-order valence-corrected chi connectivity index (χ3v) is 9.71. The number of benzene rings is 3. The molecule has 2 N–H and O–H groups in total. The van der Waals surface area contributed by atoms with Crippen molar-refractivity contribution in [1.29, 1.82) is 0 Å². The summed E-state index contributed by atoms with van der Waals surface area (Å²) in [4.78, 5) is 46.6. The van der Waals surface area contributed by atoms with E-state index in [0.717, 1.165) is 16.5 Å². The Bertz CT molecular complexity index is 2040. The molecule has 0 bridgehead atoms. The van der Waals surface area contributed by atoms with Crippen LogP contribution in [-0.2, 0) is 14.4 Å². The molecule has 5 aromatic rings. The zero-order valence-electron chi connectivity index (χ0n) is 27.1. The standard InChI is InChI=1S/C35H34ClFN10O3/c1-22(48)44-12-14-45(15-13-44)29-18-30(23-2-6-27(37)7-3-23)34(35(50)40-28-8-9-31-25(17-28)19-38-41-31)46(20-29)33(49)11-4-24-16-26(36)5-10-32(24)47-21-39-42-43-47/h2-11,16-17,19,21,29-30,34H,12-15,18,20H2,1H3,(H,38,41)(H,40,50)/t29-,30-,34-/m0/s1. The van der Waals surface area contributed by atoms with Gasteiger partial charge in [0, 0.05) is 79.3 Å². The predicted octanol–water partition coefficient (Wildman–Crippen LogP) is 3.90. The number of carbonyl (C=O) groups excluding carboxylic acids is 3. The molecule has 2 aliphatic heterocycles. The number of nitrogens with one attached hydrogen (secondary N) is 2. The molecule has 2 aliphatic rings. The summed E-state index contributed by atoms with van der Waals surface area (Å²) in [7, 11) is 0. The van der Waals surface area contributed by atoms with Gasteiger partial charge in [0.1, 0.15) is 18.2 Å². The van der Waals surface area contributed by atoms with E-state index < -0.39 is 23.7 Å². The molecule has 4 heterocycles. The first-order valence-electron chi connectivity index (χ1n) is 16.2. The average Bonchev–Trinajstić information content (AvgIpc) is 3.83. The molecular weight excluding hydrogens is 663 g/mol. The minimum Gasteiger partial charge on any atom is -0.340 e. The summed E-state index contributed by atoms with van der Waals surface area (Å²) in [5, 5.41) is 22.7. The number of piperidine rings is 1. The van der Waals surface area contributed by atoms with Gasteiger partial charge in [0.15, 0.2) is 0 Å². The number of hydrogen-bond donors (Lipinski definition) is 2. The number of tetrazole rings is 1. The summed E-state index contributed by atoms with van der Waals surface area (Å²) in [6.07, 6.45) is 6.71. The minimum atomic E-state index is -0.939. The predicted molar refractivity (Wildman–Crippen MR) is 185 cm³/mol. The maximum Gasteiger partial charge on any atom is 0.247 e. The van der Waals surface area contributed by atoms with Crippen molar-refractivity contribution in [3.8, 4) is 5.69 Å². The van der Waals surface area contributed by atoms with Gasteiger partial charge in [-0.15, -0.1) is 5.10 Å². The van der Waals surface area contributed by atoms with Crippen LogP contribution >= 0.6 is 11.6 Å². The highest BCUT2D eigenvalue weighted by Crippen LogP contribution is 2.37. The van der Waals surface area contributed by atoms with Crippen molar-refractivity contribution in [3.05, 3.63) is 101 Å². The van der Waals surface area contributed by atoms with Gasteiger partial charge in [-0.3, -0.25) is 24.4 Å². The fourth-order valence-corrected chi connectivity index (χ4v) is 7.11. The molecule has 50 heavy (non-hydrogen) atoms. The highest BCUT2D eigenvalue weighted by atomic mass is 35.5. The third kappa shape index (κ3) is 6.98. The zero-order chi connectivity index (χ0) is 34.8. The van der Waals surface area contributed by atoms with Gasteiger partial charge in [0.05, 0.1) is 17.4 Å². The maximum absolute atomic E-state index is 14.4. The molecule has 13 nitrogen and oxygen atoms in total. The van der Waals surface area contributed by atoms with Crippen molar-refractivity contribution < 1.29 is 18.8 Å². The number of H-pyrrole nitrogens is 1. The van der Waals surface area contributed by atoms with E-state index in [9.17, 15) is 18.8 Å². The summed E-state index contributed by atoms with van der Waals surface area (Å²) in [5.41, 5.74) is 3.31. The Morgan fingerprint density at radius 1 is 1.02 bits per heavy atom. The Kier molecular flexibility index (Phi) is 9.37. The zero-order valence-corrected chi connectivity index (χ0v) is 27.9. The lowest BCUT2D eigenvalue weighted by molar-refractivity contribution is -0.140. The first-order valence-corrected chi connectivity index (χ1v) is 16.6. The van der Waals surface area contributed by atoms with Gasteiger partial charge in [-0.25, -0.2) is 4.39 Å². The molecule has 0 aliphatic carbocycles. The van der Waals surface area contributed by atoms with E-state index in [1.54, 1.807) is 60.5 Å². The Labute approximate surface area is 291 Å². The van der Waals surface area contributed by atoms with E-state index in [0.29, 0.717) is 54.6 Å². The molecule has 3 amide bonds. The lowest BCUT2D eigenvalue weighted by atomic mass is 9.80. The SMILES string of the molecule is CC(=O)N1CCN([C@H]2C[C@@H](c3ccc(F)cc3)[C@@H](C(=O)Nc3ccc4[nH]ncc4c3)N(C(=O)C=Cc3cc(Cl)ccc3-n3cnnn3)C2)CC1. The first-order chi connectivity index (χ1) is 24.2. The van der Waals surface area contributed by atoms with Gasteiger partial charge >= 0.3 is 0 Å². The van der Waals surface area contributed by atoms with E-state index >= 15 is 0 Å². The Hall–Kier alpha value is -5.47. The van der Waals surface area contributed by atoms with Crippen molar-refractivity contribution >= 4 is 52.0 Å². The van der Waals surface area contributed by atoms with Crippen LogP contribution in [0.15, 0.2) is 79.3 Å². The van der Waals surface area contributed by atoms with Crippen LogP contribution in [0.3, 0.4) is 0 Å². The molecule has 15 heteroatoms. The first kappa shape index (κ1) is 33.0. The number of aromatic amines is 1. The molecule has 0 radical (unpaired) electrons. The topological polar surface area (TPSA) is 145 Å². The van der Waals surface area contributed by atoms with Crippen molar-refractivity contribution in [2.75, 3.05) is 38.0 Å². The Morgan fingerprint density at radius 3 is 2.56 bits per heavy atom. The number of halogens is 2. The van der Waals surface area contributed by atoms with Gasteiger partial charge in [0.25, 0.3) is 0 Å². The molecule has 2 aromatic heterocycles. The van der Waals surface area contributed by atoms with Crippen molar-refractivity contribution in [3.63, 3.8) is 0 Å². The summed E-state index contributed by atoms with van der Waals surface area (Å²) in [5.74, 6) is -1.62. The van der Waals surface area contributed by atoms with Crippen LogP contribution in [-0.4, -0.2) is 108 Å². The van der Waals surface area contributed by atoms with Crippen LogP contribution in [0.5, 0.6) is 0 Å². The molecule has 2 saturated heterocycles. The number of piperazine rings is 1. The monoisotopic (exact) mass is 696 g/mol. The molecule has 3 aromatic carbocycles. The molecule has 7 rings (SSSR count). The van der Waals surface area contributed by atoms with Crippen LogP contribution < -0.4 is 5.32 Å². The summed E-state index contributed by atoms with van der Waals surface area (Å²) in [6.45, 7) is 4.20. The third-order valence-electron chi connectivity index (χ3n) is 9.47.